The van der Waals surface area contributed by atoms with Crippen molar-refractivity contribution in [2.24, 2.45) is 12.0 Å². The molecule has 1 atom stereocenters. The molecule has 0 bridgehead atoms. The molecule has 3 rings (SSSR count). The van der Waals surface area contributed by atoms with Gasteiger partial charge in [0, 0.05) is 31.9 Å². The zero-order valence-corrected chi connectivity index (χ0v) is 15.7. The number of aryl methyl sites for hydroxylation is 1. The van der Waals surface area contributed by atoms with Gasteiger partial charge in [0.05, 0.1) is 32.2 Å². The van der Waals surface area contributed by atoms with Crippen LogP contribution in [0.5, 0.6) is 0 Å². The molecule has 0 spiro atoms. The summed E-state index contributed by atoms with van der Waals surface area (Å²) >= 11 is 0. The smallest absolute Gasteiger partial charge is 0.242 e. The Morgan fingerprint density at radius 2 is 2.33 bits per heavy atom. The predicted molar refractivity (Wildman–Crippen MR) is 100 cm³/mol. The van der Waals surface area contributed by atoms with E-state index in [1.165, 1.54) is 0 Å². The van der Waals surface area contributed by atoms with Crippen molar-refractivity contribution >= 4 is 11.9 Å². The van der Waals surface area contributed by atoms with E-state index < -0.39 is 0 Å². The molecule has 1 amide bonds. The number of nitrogens with one attached hydrogen (secondary N) is 2. The van der Waals surface area contributed by atoms with Crippen LogP contribution in [0.3, 0.4) is 0 Å². The highest BCUT2D eigenvalue weighted by molar-refractivity contribution is 5.85. The minimum atomic E-state index is -0.154. The fourth-order valence-electron chi connectivity index (χ4n) is 2.88. The number of ether oxygens (including phenoxy) is 1. The Bertz CT molecular complexity index is 755. The first-order chi connectivity index (χ1) is 13.2. The van der Waals surface area contributed by atoms with Crippen molar-refractivity contribution in [2.45, 2.75) is 19.6 Å². The van der Waals surface area contributed by atoms with Gasteiger partial charge in [0.2, 0.25) is 5.91 Å². The third-order valence-electron chi connectivity index (χ3n) is 4.21. The number of amides is 1. The molecule has 1 aliphatic rings. The first-order valence-electron chi connectivity index (χ1n) is 9.08. The van der Waals surface area contributed by atoms with E-state index in [2.05, 4.69) is 25.6 Å². The van der Waals surface area contributed by atoms with Crippen molar-refractivity contribution in [3.05, 3.63) is 42.1 Å². The van der Waals surface area contributed by atoms with E-state index in [1.807, 2.05) is 32.4 Å². The second kappa shape index (κ2) is 9.22. The largest absolute Gasteiger partial charge is 0.467 e. The van der Waals surface area contributed by atoms with Crippen LogP contribution in [0.25, 0.3) is 0 Å². The summed E-state index contributed by atoms with van der Waals surface area (Å²) in [4.78, 5) is 18.7. The average molecular weight is 374 g/mol. The van der Waals surface area contributed by atoms with Gasteiger partial charge in [-0.2, -0.15) is 5.10 Å². The number of hydrogen-bond acceptors (Lipinski definition) is 5. The van der Waals surface area contributed by atoms with Crippen LogP contribution < -0.4 is 10.6 Å². The molecular weight excluding hydrogens is 348 g/mol. The lowest BCUT2D eigenvalue weighted by molar-refractivity contribution is -0.119. The second-order valence-corrected chi connectivity index (χ2v) is 6.28. The number of rotatable bonds is 6. The fourth-order valence-corrected chi connectivity index (χ4v) is 2.88. The van der Waals surface area contributed by atoms with Crippen LogP contribution in [-0.4, -0.2) is 59.3 Å². The van der Waals surface area contributed by atoms with Crippen molar-refractivity contribution in [3.63, 3.8) is 0 Å². The highest BCUT2D eigenvalue weighted by Crippen LogP contribution is 2.21. The third kappa shape index (κ3) is 5.33. The molecule has 0 aromatic carbocycles. The van der Waals surface area contributed by atoms with Crippen LogP contribution in [-0.2, 0) is 23.1 Å². The van der Waals surface area contributed by atoms with E-state index in [0.717, 1.165) is 18.7 Å². The van der Waals surface area contributed by atoms with Crippen molar-refractivity contribution in [1.82, 2.24) is 25.3 Å². The minimum Gasteiger partial charge on any atom is -0.467 e. The molecule has 9 nitrogen and oxygen atoms in total. The van der Waals surface area contributed by atoms with Gasteiger partial charge in [0.15, 0.2) is 5.96 Å². The Morgan fingerprint density at radius 1 is 1.44 bits per heavy atom. The molecule has 0 radical (unpaired) electrons. The van der Waals surface area contributed by atoms with Gasteiger partial charge >= 0.3 is 0 Å². The number of hydrogen-bond donors (Lipinski definition) is 2. The summed E-state index contributed by atoms with van der Waals surface area (Å²) in [6.07, 6.45) is 5.30. The molecule has 1 aliphatic heterocycles. The van der Waals surface area contributed by atoms with Gasteiger partial charge in [0.1, 0.15) is 18.4 Å². The molecule has 0 aliphatic carbocycles. The van der Waals surface area contributed by atoms with Crippen molar-refractivity contribution in [3.8, 4) is 0 Å². The first-order valence-corrected chi connectivity index (χ1v) is 9.08. The highest BCUT2D eigenvalue weighted by Gasteiger charge is 2.25. The normalized spacial score (nSPS) is 17.8. The van der Waals surface area contributed by atoms with E-state index >= 15 is 0 Å². The van der Waals surface area contributed by atoms with Gasteiger partial charge in [-0.1, -0.05) is 0 Å². The number of carbonyl (C=O) groups is 1. The number of morpholine rings is 1. The topological polar surface area (TPSA) is 96.9 Å². The van der Waals surface area contributed by atoms with Gasteiger partial charge in [-0.3, -0.25) is 9.48 Å². The lowest BCUT2D eigenvalue weighted by Crippen LogP contribution is -2.48. The Labute approximate surface area is 158 Å². The third-order valence-corrected chi connectivity index (χ3v) is 4.21. The summed E-state index contributed by atoms with van der Waals surface area (Å²) in [6.45, 7) is 5.11. The molecule has 1 fully saturated rings. The summed E-state index contributed by atoms with van der Waals surface area (Å²) in [5.74, 6) is 1.27. The maximum Gasteiger partial charge on any atom is 0.242 e. The zero-order valence-electron chi connectivity index (χ0n) is 15.7. The van der Waals surface area contributed by atoms with Gasteiger partial charge in [0.25, 0.3) is 0 Å². The molecule has 3 heterocycles. The Morgan fingerprint density at radius 3 is 3.04 bits per heavy atom. The van der Waals surface area contributed by atoms with Crippen molar-refractivity contribution in [1.29, 1.82) is 0 Å². The highest BCUT2D eigenvalue weighted by atomic mass is 16.5. The molecule has 0 saturated carbocycles. The molecule has 2 aromatic heterocycles. The number of aromatic nitrogens is 2. The molecule has 9 heteroatoms. The SMILES string of the molecule is CCNC(=NCC(=O)NCc1ccco1)N1CCOC(c2cnn(C)c2)C1. The van der Waals surface area contributed by atoms with Crippen molar-refractivity contribution in [2.75, 3.05) is 32.8 Å². The number of nitrogens with zero attached hydrogens (tertiary/aromatic N) is 4. The summed E-state index contributed by atoms with van der Waals surface area (Å²) in [6, 6.07) is 3.61. The number of carbonyl (C=O) groups excluding carboxylic acids is 1. The van der Waals surface area contributed by atoms with E-state index in [0.29, 0.717) is 31.4 Å². The second-order valence-electron chi connectivity index (χ2n) is 6.28. The number of aliphatic imine (C=N–C) groups is 1. The van der Waals surface area contributed by atoms with Crippen LogP contribution in [0.2, 0.25) is 0 Å². The Hall–Kier alpha value is -2.81. The Kier molecular flexibility index (Phi) is 6.48. The molecule has 1 saturated heterocycles. The van der Waals surface area contributed by atoms with Crippen molar-refractivity contribution < 1.29 is 13.9 Å². The predicted octanol–water partition coefficient (Wildman–Crippen LogP) is 0.668. The van der Waals surface area contributed by atoms with E-state index in [1.54, 1.807) is 17.0 Å². The maximum atomic E-state index is 12.1. The summed E-state index contributed by atoms with van der Waals surface area (Å²) in [5, 5.41) is 10.3. The van der Waals surface area contributed by atoms with Gasteiger partial charge in [-0.05, 0) is 19.1 Å². The molecule has 146 valence electrons. The quantitative estimate of drug-likeness (QED) is 0.570. The van der Waals surface area contributed by atoms with Gasteiger partial charge in [-0.15, -0.1) is 0 Å². The lowest BCUT2D eigenvalue weighted by atomic mass is 10.1. The summed E-state index contributed by atoms with van der Waals surface area (Å²) in [7, 11) is 1.89. The lowest BCUT2D eigenvalue weighted by Gasteiger charge is -2.34. The molecule has 2 N–H and O–H groups in total. The Balaban J connectivity index is 1.57. The maximum absolute atomic E-state index is 12.1. The summed E-state index contributed by atoms with van der Waals surface area (Å²) in [5.41, 5.74) is 1.04. The van der Waals surface area contributed by atoms with E-state index in [-0.39, 0.29) is 18.6 Å². The molecule has 2 aromatic rings. The summed E-state index contributed by atoms with van der Waals surface area (Å²) < 4.78 is 12.8. The van der Waals surface area contributed by atoms with E-state index in [9.17, 15) is 4.79 Å². The number of guanidine groups is 1. The van der Waals surface area contributed by atoms with Crippen LogP contribution in [0.4, 0.5) is 0 Å². The van der Waals surface area contributed by atoms with Crippen LogP contribution in [0.1, 0.15) is 24.4 Å². The molecule has 27 heavy (non-hydrogen) atoms. The van der Waals surface area contributed by atoms with Crippen LogP contribution in [0.15, 0.2) is 40.2 Å². The monoisotopic (exact) mass is 374 g/mol. The molecule has 1 unspecified atom stereocenters. The first kappa shape index (κ1) is 19.0. The fraction of sp³-hybridized carbons (Fsp3) is 0.500. The van der Waals surface area contributed by atoms with Gasteiger partial charge in [-0.25, -0.2) is 4.99 Å². The molecular formula is C18H26N6O3. The van der Waals surface area contributed by atoms with Gasteiger partial charge < -0.3 is 24.7 Å². The standard InChI is InChI=1S/C18H26N6O3/c1-3-19-18(21-11-17(25)20-10-15-5-4-7-26-15)24-6-8-27-16(13-24)14-9-22-23(2)12-14/h4-5,7,9,12,16H,3,6,8,10-11,13H2,1-2H3,(H,19,21)(H,20,25). The number of furan rings is 1. The van der Waals surface area contributed by atoms with Crippen LogP contribution >= 0.6 is 0 Å². The van der Waals surface area contributed by atoms with E-state index in [4.69, 9.17) is 9.15 Å². The average Bonchev–Trinajstić information content (AvgIpc) is 3.35. The van der Waals surface area contributed by atoms with Crippen LogP contribution in [0, 0.1) is 0 Å². The minimum absolute atomic E-state index is 0.0535. The zero-order chi connectivity index (χ0) is 19.1.